The largest absolute Gasteiger partial charge is 0.494 e. The molecule has 1 aromatic carbocycles. The van der Waals surface area contributed by atoms with Gasteiger partial charge < -0.3 is 14.6 Å². The highest BCUT2D eigenvalue weighted by Gasteiger charge is 2.12. The number of aromatic nitrogens is 3. The second-order valence-electron chi connectivity index (χ2n) is 7.51. The molecule has 1 unspecified atom stereocenters. The summed E-state index contributed by atoms with van der Waals surface area (Å²) in [7, 11) is 1.78. The van der Waals surface area contributed by atoms with Crippen molar-refractivity contribution in [3.63, 3.8) is 0 Å². The van der Waals surface area contributed by atoms with Gasteiger partial charge in [0.15, 0.2) is 0 Å². The van der Waals surface area contributed by atoms with Gasteiger partial charge in [0.25, 0.3) is 5.56 Å². The molecule has 3 aromatic heterocycles. The predicted molar refractivity (Wildman–Crippen MR) is 122 cm³/mol. The minimum atomic E-state index is -0.0119. The van der Waals surface area contributed by atoms with Crippen LogP contribution >= 0.6 is 0 Å². The fourth-order valence-corrected chi connectivity index (χ4v) is 3.64. The van der Waals surface area contributed by atoms with E-state index in [1.165, 1.54) is 11.1 Å². The molecule has 0 saturated heterocycles. The second kappa shape index (κ2) is 10.00. The van der Waals surface area contributed by atoms with Gasteiger partial charge in [0.1, 0.15) is 5.75 Å². The number of rotatable bonds is 9. The Morgan fingerprint density at radius 3 is 2.71 bits per heavy atom. The van der Waals surface area contributed by atoms with Crippen LogP contribution in [0, 0.1) is 0 Å². The zero-order valence-corrected chi connectivity index (χ0v) is 17.6. The lowest BCUT2D eigenvalue weighted by molar-refractivity contribution is 0.305. The van der Waals surface area contributed by atoms with Crippen LogP contribution in [-0.4, -0.2) is 27.7 Å². The maximum Gasteiger partial charge on any atom is 0.250 e. The van der Waals surface area contributed by atoms with Crippen LogP contribution in [0.5, 0.6) is 5.75 Å². The Hall–Kier alpha value is -3.51. The number of pyridine rings is 3. The zero-order chi connectivity index (χ0) is 21.5. The first kappa shape index (κ1) is 20.8. The van der Waals surface area contributed by atoms with Gasteiger partial charge in [-0.3, -0.25) is 14.8 Å². The number of hydrogen-bond acceptors (Lipinski definition) is 5. The smallest absolute Gasteiger partial charge is 0.250 e. The molecule has 6 nitrogen and oxygen atoms in total. The molecule has 3 heterocycles. The van der Waals surface area contributed by atoms with Crippen LogP contribution in [0.2, 0.25) is 0 Å². The van der Waals surface area contributed by atoms with E-state index >= 15 is 0 Å². The Kier molecular flexibility index (Phi) is 6.69. The molecule has 0 aliphatic carbocycles. The standard InChI is InChI=1S/C25H26N4O2/c1-29-24-7-6-22(17-20(24)5-8-25(29)30)31-15-3-12-28-23(21-4-2-11-27-18-21)16-19-9-13-26-14-10-19/h2,4-11,13-14,17-18,23,28H,3,12,15-16H2,1H3. The zero-order valence-electron chi connectivity index (χ0n) is 17.6. The van der Waals surface area contributed by atoms with Crippen molar-refractivity contribution in [3.05, 3.63) is 101 Å². The summed E-state index contributed by atoms with van der Waals surface area (Å²) in [4.78, 5) is 20.1. The molecule has 0 spiro atoms. The number of benzene rings is 1. The number of ether oxygens (including phenoxy) is 1. The van der Waals surface area contributed by atoms with Crippen molar-refractivity contribution < 1.29 is 4.74 Å². The molecule has 31 heavy (non-hydrogen) atoms. The minimum absolute atomic E-state index is 0.0119. The van der Waals surface area contributed by atoms with Gasteiger partial charge in [-0.2, -0.15) is 0 Å². The Bertz CT molecular complexity index is 1180. The molecule has 0 amide bonds. The van der Waals surface area contributed by atoms with Crippen LogP contribution in [0.1, 0.15) is 23.6 Å². The SMILES string of the molecule is Cn1c(=O)ccc2cc(OCCCNC(Cc3ccncc3)c3cccnc3)ccc21. The molecule has 4 rings (SSSR count). The molecule has 1 N–H and O–H groups in total. The third-order valence-corrected chi connectivity index (χ3v) is 5.35. The summed E-state index contributed by atoms with van der Waals surface area (Å²) in [6, 6.07) is 17.6. The van der Waals surface area contributed by atoms with Gasteiger partial charge in [-0.25, -0.2) is 0 Å². The summed E-state index contributed by atoms with van der Waals surface area (Å²) in [6.07, 6.45) is 9.10. The van der Waals surface area contributed by atoms with E-state index in [4.69, 9.17) is 4.74 Å². The van der Waals surface area contributed by atoms with Crippen molar-refractivity contribution in [2.45, 2.75) is 18.9 Å². The van der Waals surface area contributed by atoms with E-state index in [2.05, 4.69) is 21.4 Å². The summed E-state index contributed by atoms with van der Waals surface area (Å²) >= 11 is 0. The number of nitrogens with zero attached hydrogens (tertiary/aromatic N) is 3. The molecule has 158 valence electrons. The van der Waals surface area contributed by atoms with Crippen LogP contribution in [0.3, 0.4) is 0 Å². The highest BCUT2D eigenvalue weighted by Crippen LogP contribution is 2.20. The average molecular weight is 415 g/mol. The Morgan fingerprint density at radius 2 is 1.90 bits per heavy atom. The summed E-state index contributed by atoms with van der Waals surface area (Å²) in [5.74, 6) is 0.812. The van der Waals surface area contributed by atoms with Crippen LogP contribution in [0.25, 0.3) is 10.9 Å². The van der Waals surface area contributed by atoms with E-state index < -0.39 is 0 Å². The predicted octanol–water partition coefficient (Wildman–Crippen LogP) is 3.67. The third-order valence-electron chi connectivity index (χ3n) is 5.35. The van der Waals surface area contributed by atoms with Gasteiger partial charge in [0.05, 0.1) is 12.1 Å². The van der Waals surface area contributed by atoms with Gasteiger partial charge >= 0.3 is 0 Å². The lowest BCUT2D eigenvalue weighted by Crippen LogP contribution is -2.25. The van der Waals surface area contributed by atoms with E-state index in [0.29, 0.717) is 6.61 Å². The van der Waals surface area contributed by atoms with Gasteiger partial charge in [-0.15, -0.1) is 0 Å². The average Bonchev–Trinajstić information content (AvgIpc) is 2.82. The number of hydrogen-bond donors (Lipinski definition) is 1. The lowest BCUT2D eigenvalue weighted by Gasteiger charge is -2.19. The van der Waals surface area contributed by atoms with Crippen molar-refractivity contribution in [2.75, 3.05) is 13.2 Å². The van der Waals surface area contributed by atoms with Crippen LogP contribution < -0.4 is 15.6 Å². The molecule has 0 fully saturated rings. The number of aryl methyl sites for hydroxylation is 1. The Balaban J connectivity index is 1.32. The van der Waals surface area contributed by atoms with E-state index in [0.717, 1.165) is 36.0 Å². The normalized spacial score (nSPS) is 12.0. The van der Waals surface area contributed by atoms with Crippen LogP contribution in [0.4, 0.5) is 0 Å². The van der Waals surface area contributed by atoms with Crippen LogP contribution in [-0.2, 0) is 13.5 Å². The highest BCUT2D eigenvalue weighted by atomic mass is 16.5. The van der Waals surface area contributed by atoms with Gasteiger partial charge in [0.2, 0.25) is 0 Å². The molecule has 0 aliphatic heterocycles. The summed E-state index contributed by atoms with van der Waals surface area (Å²) in [6.45, 7) is 1.44. The van der Waals surface area contributed by atoms with Gasteiger partial charge in [-0.05, 0) is 73.0 Å². The summed E-state index contributed by atoms with van der Waals surface area (Å²) < 4.78 is 7.59. The molecule has 0 bridgehead atoms. The monoisotopic (exact) mass is 414 g/mol. The molecule has 0 radical (unpaired) electrons. The molecule has 4 aromatic rings. The first-order valence-corrected chi connectivity index (χ1v) is 10.5. The molecular weight excluding hydrogens is 388 g/mol. The van der Waals surface area contributed by atoms with Crippen molar-refractivity contribution in [1.29, 1.82) is 0 Å². The maximum absolute atomic E-state index is 11.8. The van der Waals surface area contributed by atoms with Crippen molar-refractivity contribution in [2.24, 2.45) is 7.05 Å². The Labute approximate surface area is 181 Å². The molecular formula is C25H26N4O2. The first-order chi connectivity index (χ1) is 15.2. The number of nitrogens with one attached hydrogen (secondary N) is 1. The molecule has 6 heteroatoms. The van der Waals surface area contributed by atoms with E-state index in [1.54, 1.807) is 23.9 Å². The van der Waals surface area contributed by atoms with E-state index in [1.807, 2.05) is 61.1 Å². The van der Waals surface area contributed by atoms with Gasteiger partial charge in [-0.1, -0.05) is 6.07 Å². The number of fused-ring (bicyclic) bond motifs is 1. The summed E-state index contributed by atoms with van der Waals surface area (Å²) in [5.41, 5.74) is 3.29. The summed E-state index contributed by atoms with van der Waals surface area (Å²) in [5, 5.41) is 4.63. The van der Waals surface area contributed by atoms with E-state index in [9.17, 15) is 4.79 Å². The van der Waals surface area contributed by atoms with Crippen molar-refractivity contribution in [3.8, 4) is 5.75 Å². The van der Waals surface area contributed by atoms with Crippen molar-refractivity contribution in [1.82, 2.24) is 19.9 Å². The van der Waals surface area contributed by atoms with Crippen LogP contribution in [0.15, 0.2) is 84.2 Å². The molecule has 0 saturated carbocycles. The fourth-order valence-electron chi connectivity index (χ4n) is 3.64. The Morgan fingerprint density at radius 1 is 1.03 bits per heavy atom. The third kappa shape index (κ3) is 5.35. The topological polar surface area (TPSA) is 69.0 Å². The van der Waals surface area contributed by atoms with Crippen molar-refractivity contribution >= 4 is 10.9 Å². The maximum atomic E-state index is 11.8. The fraction of sp³-hybridized carbons (Fsp3) is 0.240. The second-order valence-corrected chi connectivity index (χ2v) is 7.51. The van der Waals surface area contributed by atoms with Gasteiger partial charge in [0, 0.05) is 49.3 Å². The quantitative estimate of drug-likeness (QED) is 0.423. The minimum Gasteiger partial charge on any atom is -0.494 e. The first-order valence-electron chi connectivity index (χ1n) is 10.5. The molecule has 0 aliphatic rings. The highest BCUT2D eigenvalue weighted by molar-refractivity contribution is 5.80. The lowest BCUT2D eigenvalue weighted by atomic mass is 10.0. The molecule has 1 atom stereocenters. The van der Waals surface area contributed by atoms with E-state index in [-0.39, 0.29) is 11.6 Å².